The first-order valence-electron chi connectivity index (χ1n) is 6.25. The number of hydrogen-bond donors (Lipinski definition) is 1. The summed E-state index contributed by atoms with van der Waals surface area (Å²) in [6.45, 7) is 8.00. The van der Waals surface area contributed by atoms with Gasteiger partial charge < -0.3 is 5.73 Å². The van der Waals surface area contributed by atoms with Gasteiger partial charge in [-0.05, 0) is 24.3 Å². The van der Waals surface area contributed by atoms with Crippen molar-refractivity contribution in [3.8, 4) is 0 Å². The minimum atomic E-state index is 0.441. The van der Waals surface area contributed by atoms with Gasteiger partial charge in [0.15, 0.2) is 0 Å². The number of nitrogens with zero attached hydrogens (tertiary/aromatic N) is 3. The van der Waals surface area contributed by atoms with Crippen molar-refractivity contribution in [2.45, 2.75) is 27.7 Å². The van der Waals surface area contributed by atoms with E-state index in [0.717, 1.165) is 11.0 Å². The van der Waals surface area contributed by atoms with E-state index in [1.54, 1.807) is 13.2 Å². The lowest BCUT2D eigenvalue weighted by Crippen LogP contribution is -2.14. The number of fused-ring (bicyclic) bond motifs is 1. The molecule has 0 aliphatic carbocycles. The van der Waals surface area contributed by atoms with Crippen LogP contribution in [0.15, 0.2) is 35.5 Å². The highest BCUT2D eigenvalue weighted by Gasteiger charge is 2.00. The average Bonchev–Trinajstić information content (AvgIpc) is 2.50. The van der Waals surface area contributed by atoms with Gasteiger partial charge in [0, 0.05) is 13.2 Å². The number of rotatable bonds is 1. The van der Waals surface area contributed by atoms with Crippen LogP contribution in [0.5, 0.6) is 0 Å². The predicted molar refractivity (Wildman–Crippen MR) is 78.9 cm³/mol. The second-order valence-corrected chi connectivity index (χ2v) is 2.85. The van der Waals surface area contributed by atoms with Gasteiger partial charge in [0.05, 0.1) is 11.0 Å². The summed E-state index contributed by atoms with van der Waals surface area (Å²) in [4.78, 5) is 12.4. The SMILES string of the molecule is CC.CC.CN=C(N)c1ccc2ncccc2n1. The smallest absolute Gasteiger partial charge is 0.144 e. The van der Waals surface area contributed by atoms with E-state index in [-0.39, 0.29) is 0 Å². The van der Waals surface area contributed by atoms with Crippen molar-refractivity contribution >= 4 is 16.9 Å². The van der Waals surface area contributed by atoms with Crippen LogP contribution in [0.25, 0.3) is 11.0 Å². The summed E-state index contributed by atoms with van der Waals surface area (Å²) in [7, 11) is 1.64. The molecule has 0 aliphatic rings. The summed E-state index contributed by atoms with van der Waals surface area (Å²) in [6, 6.07) is 7.44. The Bertz CT molecular complexity index is 492. The van der Waals surface area contributed by atoms with Crippen molar-refractivity contribution in [2.24, 2.45) is 10.7 Å². The van der Waals surface area contributed by atoms with Crippen molar-refractivity contribution in [2.75, 3.05) is 7.05 Å². The molecular formula is C14H22N4. The molecule has 0 saturated heterocycles. The van der Waals surface area contributed by atoms with Crippen LogP contribution >= 0.6 is 0 Å². The Morgan fingerprint density at radius 3 is 2.33 bits per heavy atom. The van der Waals surface area contributed by atoms with Crippen LogP contribution in [-0.4, -0.2) is 22.9 Å². The molecule has 2 rings (SSSR count). The Morgan fingerprint density at radius 1 is 1.06 bits per heavy atom. The van der Waals surface area contributed by atoms with Gasteiger partial charge in [0.25, 0.3) is 0 Å². The monoisotopic (exact) mass is 246 g/mol. The summed E-state index contributed by atoms with van der Waals surface area (Å²) in [5.74, 6) is 0.441. The molecule has 0 unspecified atom stereocenters. The summed E-state index contributed by atoms with van der Waals surface area (Å²) in [6.07, 6.45) is 1.74. The molecule has 0 saturated carbocycles. The Morgan fingerprint density at radius 2 is 1.72 bits per heavy atom. The lowest BCUT2D eigenvalue weighted by molar-refractivity contribution is 1.28. The summed E-state index contributed by atoms with van der Waals surface area (Å²) >= 11 is 0. The fraction of sp³-hybridized carbons (Fsp3) is 0.357. The maximum atomic E-state index is 5.65. The fourth-order valence-electron chi connectivity index (χ4n) is 1.21. The molecule has 0 bridgehead atoms. The quantitative estimate of drug-likeness (QED) is 0.621. The molecule has 2 aromatic heterocycles. The Hall–Kier alpha value is -1.97. The maximum absolute atomic E-state index is 5.65. The molecule has 4 nitrogen and oxygen atoms in total. The molecule has 98 valence electrons. The fourth-order valence-corrected chi connectivity index (χ4v) is 1.21. The number of nitrogens with two attached hydrogens (primary N) is 1. The van der Waals surface area contributed by atoms with Gasteiger partial charge in [0.2, 0.25) is 0 Å². The van der Waals surface area contributed by atoms with Gasteiger partial charge in [-0.3, -0.25) is 9.98 Å². The largest absolute Gasteiger partial charge is 0.382 e. The van der Waals surface area contributed by atoms with Gasteiger partial charge in [-0.25, -0.2) is 4.98 Å². The highest BCUT2D eigenvalue weighted by Crippen LogP contribution is 2.08. The zero-order chi connectivity index (χ0) is 14.0. The highest BCUT2D eigenvalue weighted by atomic mass is 14.9. The van der Waals surface area contributed by atoms with Crippen LogP contribution < -0.4 is 5.73 Å². The second-order valence-electron chi connectivity index (χ2n) is 2.85. The number of amidine groups is 1. The van der Waals surface area contributed by atoms with E-state index >= 15 is 0 Å². The van der Waals surface area contributed by atoms with Gasteiger partial charge in [-0.2, -0.15) is 0 Å². The topological polar surface area (TPSA) is 64.2 Å². The second kappa shape index (κ2) is 9.10. The normalized spacial score (nSPS) is 9.94. The molecule has 2 aromatic rings. The zero-order valence-corrected chi connectivity index (χ0v) is 11.8. The molecular weight excluding hydrogens is 224 g/mol. The first-order valence-corrected chi connectivity index (χ1v) is 6.25. The van der Waals surface area contributed by atoms with Crippen LogP contribution in [-0.2, 0) is 0 Å². The number of pyridine rings is 2. The van der Waals surface area contributed by atoms with Gasteiger partial charge >= 0.3 is 0 Å². The molecule has 0 aromatic carbocycles. The molecule has 0 atom stereocenters. The summed E-state index contributed by atoms with van der Waals surface area (Å²) < 4.78 is 0. The first-order chi connectivity index (χ1) is 8.81. The minimum Gasteiger partial charge on any atom is -0.382 e. The molecule has 0 fully saturated rings. The zero-order valence-electron chi connectivity index (χ0n) is 11.8. The van der Waals surface area contributed by atoms with Gasteiger partial charge in [0.1, 0.15) is 11.5 Å². The van der Waals surface area contributed by atoms with Crippen LogP contribution in [0, 0.1) is 0 Å². The van der Waals surface area contributed by atoms with Crippen LogP contribution in [0.3, 0.4) is 0 Å². The van der Waals surface area contributed by atoms with E-state index in [1.807, 2.05) is 52.0 Å². The predicted octanol–water partition coefficient (Wildman–Crippen LogP) is 3.02. The first kappa shape index (κ1) is 16.0. The highest BCUT2D eigenvalue weighted by molar-refractivity contribution is 5.97. The van der Waals surface area contributed by atoms with Crippen LogP contribution in [0.4, 0.5) is 0 Å². The molecule has 2 N–H and O–H groups in total. The lowest BCUT2D eigenvalue weighted by atomic mass is 10.2. The summed E-state index contributed by atoms with van der Waals surface area (Å²) in [5, 5.41) is 0. The van der Waals surface area contributed by atoms with Crippen molar-refractivity contribution in [1.29, 1.82) is 0 Å². The van der Waals surface area contributed by atoms with Gasteiger partial charge in [-0.1, -0.05) is 27.7 Å². The number of aromatic nitrogens is 2. The van der Waals surface area contributed by atoms with E-state index < -0.39 is 0 Å². The molecule has 18 heavy (non-hydrogen) atoms. The molecule has 2 heterocycles. The van der Waals surface area contributed by atoms with Crippen LogP contribution in [0.2, 0.25) is 0 Å². The molecule has 0 aliphatic heterocycles. The maximum Gasteiger partial charge on any atom is 0.144 e. The Balaban J connectivity index is 0.000000659. The third-order valence-corrected chi connectivity index (χ3v) is 1.96. The molecule has 0 spiro atoms. The lowest BCUT2D eigenvalue weighted by Gasteiger charge is -2.00. The van der Waals surface area contributed by atoms with E-state index in [1.165, 1.54) is 0 Å². The van der Waals surface area contributed by atoms with Gasteiger partial charge in [-0.15, -0.1) is 0 Å². The average molecular weight is 246 g/mol. The third kappa shape index (κ3) is 4.13. The molecule has 0 radical (unpaired) electrons. The summed E-state index contributed by atoms with van der Waals surface area (Å²) in [5.41, 5.74) is 8.03. The number of hydrogen-bond acceptors (Lipinski definition) is 3. The van der Waals surface area contributed by atoms with E-state index in [4.69, 9.17) is 5.73 Å². The van der Waals surface area contributed by atoms with E-state index in [2.05, 4.69) is 15.0 Å². The Kier molecular flexibility index (Phi) is 8.10. The van der Waals surface area contributed by atoms with E-state index in [9.17, 15) is 0 Å². The molecule has 4 heteroatoms. The van der Waals surface area contributed by atoms with Crippen molar-refractivity contribution in [3.05, 3.63) is 36.2 Å². The minimum absolute atomic E-state index is 0.441. The van der Waals surface area contributed by atoms with E-state index in [0.29, 0.717) is 11.5 Å². The third-order valence-electron chi connectivity index (χ3n) is 1.96. The van der Waals surface area contributed by atoms with Crippen molar-refractivity contribution < 1.29 is 0 Å². The van der Waals surface area contributed by atoms with Crippen molar-refractivity contribution in [1.82, 2.24) is 9.97 Å². The van der Waals surface area contributed by atoms with Crippen molar-refractivity contribution in [3.63, 3.8) is 0 Å². The van der Waals surface area contributed by atoms with Crippen LogP contribution in [0.1, 0.15) is 33.4 Å². The number of aliphatic imine (C=N–C) groups is 1. The standard InChI is InChI=1S/C10H10N4.2C2H6/c1-12-10(11)9-5-4-7-8(14-9)3-2-6-13-7;2*1-2/h2-6H,1H3,(H2,11,12);2*1-2H3. The molecule has 0 amide bonds. The Labute approximate surface area is 109 Å².